The highest BCUT2D eigenvalue weighted by Crippen LogP contribution is 2.68. The summed E-state index contributed by atoms with van der Waals surface area (Å²) in [7, 11) is 0. The molecule has 1 N–H and O–H groups in total. The van der Waals surface area contributed by atoms with Gasteiger partial charge in [0.05, 0.1) is 6.10 Å². The van der Waals surface area contributed by atoms with Crippen molar-refractivity contribution < 1.29 is 5.11 Å². The summed E-state index contributed by atoms with van der Waals surface area (Å²) < 4.78 is 0. The molecule has 0 amide bonds. The summed E-state index contributed by atoms with van der Waals surface area (Å²) >= 11 is 2.13. The van der Waals surface area contributed by atoms with Gasteiger partial charge in [0.15, 0.2) is 0 Å². The van der Waals surface area contributed by atoms with Crippen LogP contribution in [-0.4, -0.2) is 47.3 Å². The lowest BCUT2D eigenvalue weighted by atomic mass is 9.44. The molecule has 5 aliphatic rings. The molecule has 1 saturated heterocycles. The highest BCUT2D eigenvalue weighted by Gasteiger charge is 2.59. The van der Waals surface area contributed by atoms with Crippen LogP contribution in [0.1, 0.15) is 86.0 Å². The second-order valence-electron chi connectivity index (χ2n) is 13.2. The van der Waals surface area contributed by atoms with Gasteiger partial charge in [0.25, 0.3) is 0 Å². The lowest BCUT2D eigenvalue weighted by molar-refractivity contribution is -0.110. The summed E-state index contributed by atoms with van der Waals surface area (Å²) in [6, 6.07) is 0. The molecule has 3 heteroatoms. The van der Waals surface area contributed by atoms with E-state index in [1.54, 1.807) is 0 Å². The van der Waals surface area contributed by atoms with Crippen molar-refractivity contribution in [3.8, 4) is 0 Å². The molecule has 1 aliphatic heterocycles. The van der Waals surface area contributed by atoms with Gasteiger partial charge >= 0.3 is 0 Å². The Labute approximate surface area is 196 Å². The Morgan fingerprint density at radius 1 is 1.03 bits per heavy atom. The molecule has 1 heterocycles. The van der Waals surface area contributed by atoms with E-state index in [4.69, 9.17) is 0 Å². The molecule has 5 rings (SSSR count). The maximum Gasteiger partial charge on any atom is 0.0551 e. The molecule has 0 radical (unpaired) electrons. The van der Waals surface area contributed by atoms with Crippen molar-refractivity contribution in [1.29, 1.82) is 0 Å². The average Bonchev–Trinajstić information content (AvgIpc) is 3.04. The zero-order valence-corrected chi connectivity index (χ0v) is 21.7. The van der Waals surface area contributed by atoms with E-state index in [1.807, 2.05) is 11.1 Å². The third kappa shape index (κ3) is 3.68. The average molecular weight is 446 g/mol. The van der Waals surface area contributed by atoms with E-state index in [1.165, 1.54) is 69.7 Å². The summed E-state index contributed by atoms with van der Waals surface area (Å²) in [5.74, 6) is 5.84. The van der Waals surface area contributed by atoms with Gasteiger partial charge in [0.1, 0.15) is 0 Å². The predicted octanol–water partition coefficient (Wildman–Crippen LogP) is 6.39. The molecular weight excluding hydrogens is 398 g/mol. The van der Waals surface area contributed by atoms with Gasteiger partial charge in [-0.15, -0.1) is 0 Å². The molecular formula is C28H47NOS. The van der Waals surface area contributed by atoms with Crippen LogP contribution < -0.4 is 0 Å². The number of aliphatic hydroxyl groups is 1. The number of allylic oxidation sites excluding steroid dienone is 2. The molecule has 0 bridgehead atoms. The lowest BCUT2D eigenvalue weighted by Gasteiger charge is -2.61. The summed E-state index contributed by atoms with van der Waals surface area (Å²) in [5.41, 5.74) is 4.80. The summed E-state index contributed by atoms with van der Waals surface area (Å²) in [5, 5.41) is 10.8. The Kier molecular flexibility index (Phi) is 5.92. The van der Waals surface area contributed by atoms with Crippen molar-refractivity contribution in [2.75, 3.05) is 31.1 Å². The minimum Gasteiger partial charge on any atom is -0.393 e. The number of rotatable bonds is 3. The first kappa shape index (κ1) is 22.8. The highest BCUT2D eigenvalue weighted by atomic mass is 32.2. The topological polar surface area (TPSA) is 23.5 Å². The fraction of sp³-hybridized carbons (Fsp3) is 0.929. The van der Waals surface area contributed by atoms with Crippen LogP contribution in [0.25, 0.3) is 0 Å². The first-order chi connectivity index (χ1) is 14.6. The zero-order valence-electron chi connectivity index (χ0n) is 20.9. The fourth-order valence-corrected chi connectivity index (χ4v) is 10.9. The third-order valence-electron chi connectivity index (χ3n) is 11.0. The van der Waals surface area contributed by atoms with E-state index < -0.39 is 0 Å². The Hall–Kier alpha value is 0.01000. The van der Waals surface area contributed by atoms with Crippen molar-refractivity contribution in [2.45, 2.75) is 92.1 Å². The molecule has 31 heavy (non-hydrogen) atoms. The smallest absolute Gasteiger partial charge is 0.0551 e. The van der Waals surface area contributed by atoms with Crippen LogP contribution in [-0.2, 0) is 0 Å². The van der Waals surface area contributed by atoms with Gasteiger partial charge in [-0.1, -0.05) is 45.8 Å². The van der Waals surface area contributed by atoms with E-state index in [0.717, 1.165) is 36.5 Å². The number of nitrogens with zero attached hydrogens (tertiary/aromatic N) is 1. The van der Waals surface area contributed by atoms with Gasteiger partial charge < -0.3 is 10.0 Å². The third-order valence-corrected chi connectivity index (χ3v) is 11.9. The predicted molar refractivity (Wildman–Crippen MR) is 133 cm³/mol. The molecule has 4 aliphatic carbocycles. The molecule has 0 aromatic heterocycles. The summed E-state index contributed by atoms with van der Waals surface area (Å²) in [6.45, 7) is 16.6. The van der Waals surface area contributed by atoms with Gasteiger partial charge in [-0.25, -0.2) is 0 Å². The Bertz CT molecular complexity index is 725. The molecule has 3 saturated carbocycles. The number of thioether (sulfide) groups is 1. The van der Waals surface area contributed by atoms with Gasteiger partial charge in [0, 0.05) is 31.1 Å². The molecule has 0 aromatic rings. The minimum atomic E-state index is -0.104. The lowest BCUT2D eigenvalue weighted by Crippen LogP contribution is -2.54. The monoisotopic (exact) mass is 445 g/mol. The molecule has 0 aromatic carbocycles. The maximum absolute atomic E-state index is 10.8. The van der Waals surface area contributed by atoms with Crippen LogP contribution in [0.2, 0.25) is 0 Å². The maximum atomic E-state index is 10.8. The molecule has 0 spiro atoms. The van der Waals surface area contributed by atoms with Crippen molar-refractivity contribution in [3.63, 3.8) is 0 Å². The van der Waals surface area contributed by atoms with Crippen LogP contribution in [0.4, 0.5) is 0 Å². The molecule has 2 unspecified atom stereocenters. The van der Waals surface area contributed by atoms with Crippen molar-refractivity contribution in [2.24, 2.45) is 39.9 Å². The Morgan fingerprint density at radius 3 is 2.52 bits per heavy atom. The Morgan fingerprint density at radius 2 is 1.77 bits per heavy atom. The molecule has 7 atom stereocenters. The Balaban J connectivity index is 1.40. The van der Waals surface area contributed by atoms with Crippen molar-refractivity contribution in [3.05, 3.63) is 11.1 Å². The van der Waals surface area contributed by atoms with Crippen LogP contribution in [0.15, 0.2) is 11.1 Å². The van der Waals surface area contributed by atoms with Crippen LogP contribution in [0.5, 0.6) is 0 Å². The fourth-order valence-electron chi connectivity index (χ4n) is 9.87. The first-order valence-corrected chi connectivity index (χ1v) is 14.5. The molecule has 2 nitrogen and oxygen atoms in total. The second-order valence-corrected chi connectivity index (χ2v) is 14.4. The largest absolute Gasteiger partial charge is 0.393 e. The summed E-state index contributed by atoms with van der Waals surface area (Å²) in [4.78, 5) is 2.75. The van der Waals surface area contributed by atoms with E-state index in [-0.39, 0.29) is 11.5 Å². The SMILES string of the molecule is C[C@H](CN1CCSCC1)[C@H]1CCC2=C3CCC4C(C)(C)CC(O)C[C@]4(C)[C@H]3CC[C@@]21C. The number of hydrogen-bond acceptors (Lipinski definition) is 3. The standard InChI is InChI=1S/C28H47NOS/c1-19(18-29-12-14-31-15-13-29)22-7-8-23-21-6-9-25-26(2,3)16-20(30)17-28(25,5)24(21)10-11-27(22,23)4/h19-20,22,24-25,30H,6-18H2,1-5H3/t19-,20?,22-,24+,25?,27-,28-/m1/s1. The zero-order chi connectivity index (χ0) is 22.0. The minimum absolute atomic E-state index is 0.104. The summed E-state index contributed by atoms with van der Waals surface area (Å²) in [6.07, 6.45) is 10.2. The van der Waals surface area contributed by atoms with E-state index in [0.29, 0.717) is 10.8 Å². The van der Waals surface area contributed by atoms with Gasteiger partial charge in [-0.2, -0.15) is 11.8 Å². The molecule has 4 fully saturated rings. The van der Waals surface area contributed by atoms with Crippen LogP contribution in [0.3, 0.4) is 0 Å². The number of aliphatic hydroxyl groups excluding tert-OH is 1. The number of hydrogen-bond donors (Lipinski definition) is 1. The van der Waals surface area contributed by atoms with Gasteiger partial charge in [0.2, 0.25) is 0 Å². The first-order valence-electron chi connectivity index (χ1n) is 13.4. The normalized spacial score (nSPS) is 46.3. The van der Waals surface area contributed by atoms with E-state index >= 15 is 0 Å². The van der Waals surface area contributed by atoms with Crippen molar-refractivity contribution >= 4 is 11.8 Å². The van der Waals surface area contributed by atoms with Crippen LogP contribution in [0, 0.1) is 39.9 Å². The van der Waals surface area contributed by atoms with Gasteiger partial charge in [-0.3, -0.25) is 0 Å². The second kappa shape index (κ2) is 8.05. The van der Waals surface area contributed by atoms with Crippen molar-refractivity contribution in [1.82, 2.24) is 4.90 Å². The van der Waals surface area contributed by atoms with Crippen LogP contribution >= 0.6 is 11.8 Å². The quantitative estimate of drug-likeness (QED) is 0.509. The van der Waals surface area contributed by atoms with E-state index in [2.05, 4.69) is 51.3 Å². The number of fused-ring (bicyclic) bond motifs is 4. The van der Waals surface area contributed by atoms with Gasteiger partial charge in [-0.05, 0) is 91.3 Å². The van der Waals surface area contributed by atoms with E-state index in [9.17, 15) is 5.11 Å². The highest BCUT2D eigenvalue weighted by molar-refractivity contribution is 7.99. The molecule has 176 valence electrons.